The number of benzene rings is 2. The Morgan fingerprint density at radius 3 is 2.39 bits per heavy atom. The van der Waals surface area contributed by atoms with Crippen LogP contribution >= 0.6 is 0 Å². The highest BCUT2D eigenvalue weighted by Gasteiger charge is 2.38. The number of halogens is 3. The van der Waals surface area contributed by atoms with Gasteiger partial charge in [0.2, 0.25) is 5.91 Å². The predicted molar refractivity (Wildman–Crippen MR) is 146 cm³/mol. The first-order valence-corrected chi connectivity index (χ1v) is 13.7. The first kappa shape index (κ1) is 28.7. The van der Waals surface area contributed by atoms with Crippen molar-refractivity contribution in [2.45, 2.75) is 56.0 Å². The van der Waals surface area contributed by atoms with E-state index in [0.717, 1.165) is 60.7 Å². The molecule has 41 heavy (non-hydrogen) atoms. The monoisotopic (exact) mass is 567 g/mol. The normalized spacial score (nSPS) is 23.2. The van der Waals surface area contributed by atoms with Gasteiger partial charge < -0.3 is 15.7 Å². The van der Waals surface area contributed by atoms with E-state index in [1.807, 2.05) is 24.3 Å². The van der Waals surface area contributed by atoms with Crippen molar-refractivity contribution in [3.63, 3.8) is 0 Å². The summed E-state index contributed by atoms with van der Waals surface area (Å²) in [5.74, 6) is -1.13. The largest absolute Gasteiger partial charge is 0.416 e. The molecule has 2 amide bonds. The van der Waals surface area contributed by atoms with Crippen LogP contribution in [0.1, 0.15) is 53.6 Å². The Morgan fingerprint density at radius 2 is 1.71 bits per heavy atom. The van der Waals surface area contributed by atoms with Crippen molar-refractivity contribution in [2.24, 2.45) is 0 Å². The smallest absolute Gasteiger partial charge is 0.385 e. The molecule has 1 saturated carbocycles. The molecule has 216 valence electrons. The topological polar surface area (TPSA) is 107 Å². The highest BCUT2D eigenvalue weighted by molar-refractivity contribution is 5.96. The van der Waals surface area contributed by atoms with Crippen LogP contribution in [0, 0.1) is 0 Å². The Balaban J connectivity index is 1.07. The molecule has 1 saturated heterocycles. The predicted octanol–water partition coefficient (Wildman–Crippen LogP) is 3.91. The first-order valence-electron chi connectivity index (χ1n) is 13.7. The van der Waals surface area contributed by atoms with Crippen molar-refractivity contribution < 1.29 is 27.9 Å². The summed E-state index contributed by atoms with van der Waals surface area (Å²) in [4.78, 5) is 35.2. The van der Waals surface area contributed by atoms with Gasteiger partial charge in [0, 0.05) is 48.7 Å². The Kier molecular flexibility index (Phi) is 8.37. The second-order valence-electron chi connectivity index (χ2n) is 10.8. The molecule has 0 unspecified atom stereocenters. The second-order valence-corrected chi connectivity index (χ2v) is 10.8. The Hall–Kier alpha value is -3.83. The maximum absolute atomic E-state index is 12.9. The number of aromatic nitrogens is 2. The summed E-state index contributed by atoms with van der Waals surface area (Å²) in [7, 11) is 0. The van der Waals surface area contributed by atoms with Gasteiger partial charge in [-0.3, -0.25) is 14.5 Å². The molecule has 1 aliphatic heterocycles. The third-order valence-corrected chi connectivity index (χ3v) is 8.06. The summed E-state index contributed by atoms with van der Waals surface area (Å²) >= 11 is 0. The van der Waals surface area contributed by atoms with Crippen molar-refractivity contribution in [3.8, 4) is 11.1 Å². The van der Waals surface area contributed by atoms with Crippen LogP contribution in [0.3, 0.4) is 0 Å². The van der Waals surface area contributed by atoms with Crippen molar-refractivity contribution in [1.82, 2.24) is 25.5 Å². The summed E-state index contributed by atoms with van der Waals surface area (Å²) in [6, 6.07) is 12.2. The fourth-order valence-corrected chi connectivity index (χ4v) is 5.77. The molecule has 0 radical (unpaired) electrons. The number of carbonyl (C=O) groups is 2. The number of hydrogen-bond acceptors (Lipinski definition) is 6. The van der Waals surface area contributed by atoms with E-state index in [1.54, 1.807) is 12.4 Å². The lowest BCUT2D eigenvalue weighted by Crippen LogP contribution is -2.45. The Morgan fingerprint density at radius 1 is 1.00 bits per heavy atom. The van der Waals surface area contributed by atoms with E-state index in [2.05, 4.69) is 25.5 Å². The summed E-state index contributed by atoms with van der Waals surface area (Å²) in [6.07, 6.45) is 4.15. The summed E-state index contributed by atoms with van der Waals surface area (Å²) in [5.41, 5.74) is 0.857. The van der Waals surface area contributed by atoms with Gasteiger partial charge in [-0.15, -0.1) is 0 Å². The first-order chi connectivity index (χ1) is 19.6. The average Bonchev–Trinajstić information content (AvgIpc) is 3.44. The molecule has 1 aliphatic carbocycles. The summed E-state index contributed by atoms with van der Waals surface area (Å²) < 4.78 is 38.7. The maximum atomic E-state index is 12.9. The molecule has 8 nitrogen and oxygen atoms in total. The third-order valence-electron chi connectivity index (χ3n) is 8.06. The molecule has 2 fully saturated rings. The minimum atomic E-state index is -4.55. The zero-order valence-electron chi connectivity index (χ0n) is 22.4. The van der Waals surface area contributed by atoms with Gasteiger partial charge in [0.25, 0.3) is 5.91 Å². The zero-order valence-corrected chi connectivity index (χ0v) is 22.4. The molecule has 3 aromatic rings. The van der Waals surface area contributed by atoms with Gasteiger partial charge in [-0.05, 0) is 61.4 Å². The molecule has 11 heteroatoms. The molecular weight excluding hydrogens is 535 g/mol. The quantitative estimate of drug-likeness (QED) is 0.400. The summed E-state index contributed by atoms with van der Waals surface area (Å²) in [6.45, 7) is 1.17. The molecule has 5 rings (SSSR count). The number of rotatable bonds is 7. The molecule has 1 aromatic heterocycles. The van der Waals surface area contributed by atoms with Crippen molar-refractivity contribution in [3.05, 3.63) is 83.9 Å². The SMILES string of the molecule is O=C(CNC(=O)c1cccc(C(F)(F)F)c1)N[C@@H]1CCN(C2CCC(O)(c3ccc(-c4cncnc4)cc3)CC2)C1. The number of nitrogens with one attached hydrogen (secondary N) is 2. The van der Waals surface area contributed by atoms with Crippen molar-refractivity contribution in [1.29, 1.82) is 0 Å². The second kappa shape index (κ2) is 12.0. The van der Waals surface area contributed by atoms with Crippen LogP contribution in [0.2, 0.25) is 0 Å². The molecule has 0 bridgehead atoms. The van der Waals surface area contributed by atoms with Crippen LogP contribution in [0.25, 0.3) is 11.1 Å². The van der Waals surface area contributed by atoms with Gasteiger partial charge in [-0.1, -0.05) is 30.3 Å². The van der Waals surface area contributed by atoms with Crippen LogP contribution in [0.4, 0.5) is 13.2 Å². The van der Waals surface area contributed by atoms with E-state index < -0.39 is 23.2 Å². The third kappa shape index (κ3) is 6.91. The van der Waals surface area contributed by atoms with Crippen molar-refractivity contribution >= 4 is 11.8 Å². The molecule has 3 N–H and O–H groups in total. The van der Waals surface area contributed by atoms with Gasteiger partial charge in [-0.25, -0.2) is 9.97 Å². The van der Waals surface area contributed by atoms with Gasteiger partial charge in [0.15, 0.2) is 0 Å². The van der Waals surface area contributed by atoms with E-state index in [4.69, 9.17) is 0 Å². The average molecular weight is 568 g/mol. The molecule has 2 aromatic carbocycles. The van der Waals surface area contributed by atoms with Crippen LogP contribution in [-0.4, -0.2) is 63.5 Å². The van der Waals surface area contributed by atoms with Crippen molar-refractivity contribution in [2.75, 3.05) is 19.6 Å². The fourth-order valence-electron chi connectivity index (χ4n) is 5.77. The number of aliphatic hydroxyl groups is 1. The molecular formula is C30H32F3N5O3. The number of alkyl halides is 3. The van der Waals surface area contributed by atoms with Gasteiger partial charge in [0.05, 0.1) is 17.7 Å². The highest BCUT2D eigenvalue weighted by Crippen LogP contribution is 2.40. The molecule has 2 heterocycles. The lowest BCUT2D eigenvalue weighted by Gasteiger charge is -2.40. The zero-order chi connectivity index (χ0) is 29.0. The van der Waals surface area contributed by atoms with Crippen LogP contribution < -0.4 is 10.6 Å². The lowest BCUT2D eigenvalue weighted by molar-refractivity contribution is -0.137. The van der Waals surface area contributed by atoms with Gasteiger partial charge in [0.1, 0.15) is 6.33 Å². The molecule has 0 spiro atoms. The van der Waals surface area contributed by atoms with Crippen LogP contribution in [-0.2, 0) is 16.6 Å². The lowest BCUT2D eigenvalue weighted by atomic mass is 9.77. The van der Waals surface area contributed by atoms with E-state index in [1.165, 1.54) is 12.4 Å². The Labute approximate surface area is 236 Å². The van der Waals surface area contributed by atoms with Gasteiger partial charge in [-0.2, -0.15) is 13.2 Å². The number of carbonyl (C=O) groups excluding carboxylic acids is 2. The maximum Gasteiger partial charge on any atom is 0.416 e. The number of likely N-dealkylation sites (tertiary alicyclic amines) is 1. The van der Waals surface area contributed by atoms with E-state index >= 15 is 0 Å². The minimum Gasteiger partial charge on any atom is -0.385 e. The highest BCUT2D eigenvalue weighted by atomic mass is 19.4. The fraction of sp³-hybridized carbons (Fsp3) is 0.400. The number of amides is 2. The van der Waals surface area contributed by atoms with E-state index in [0.29, 0.717) is 25.4 Å². The summed E-state index contributed by atoms with van der Waals surface area (Å²) in [5, 5.41) is 16.7. The number of hydrogen-bond donors (Lipinski definition) is 3. The van der Waals surface area contributed by atoms with E-state index in [-0.39, 0.29) is 24.1 Å². The standard InChI is InChI=1S/C30H32F3N5O3/c31-30(32,33)24-3-1-2-21(14-24)28(40)36-17-27(39)37-25-10-13-38(18-25)26-8-11-29(41,12-9-26)23-6-4-20(5-7-23)22-15-34-19-35-16-22/h1-7,14-16,19,25-26,41H,8-13,17-18H2,(H,36,40)(H,37,39)/t25-,26?,29?/m1/s1. The minimum absolute atomic E-state index is 0.0803. The van der Waals surface area contributed by atoms with Crippen LogP contribution in [0.5, 0.6) is 0 Å². The molecule has 2 aliphatic rings. The van der Waals surface area contributed by atoms with Gasteiger partial charge >= 0.3 is 6.18 Å². The van der Waals surface area contributed by atoms with E-state index in [9.17, 15) is 27.9 Å². The molecule has 1 atom stereocenters. The number of nitrogens with zero attached hydrogens (tertiary/aromatic N) is 3. The van der Waals surface area contributed by atoms with Crippen LogP contribution in [0.15, 0.2) is 67.3 Å². The Bertz CT molecular complexity index is 1360.